The van der Waals surface area contributed by atoms with Crippen LogP contribution < -0.4 is 15.8 Å². The van der Waals surface area contributed by atoms with Crippen LogP contribution in [0, 0.1) is 0 Å². The molecule has 0 aromatic heterocycles. The number of rotatable bonds is 7. The smallest absolute Gasteiger partial charge is 0.318 e. The molecule has 0 aliphatic heterocycles. The standard InChI is InChI=1S/C19H22ClN3O3/c1-13(18(24)22-19(21)25)23(2)11-14-5-9-17(10-6-14)26-12-15-3-7-16(20)8-4-15/h3-10,13H,11-12H2,1-2H3,(H3,21,22,24,25). The van der Waals surface area contributed by atoms with Crippen LogP contribution in [0.5, 0.6) is 5.75 Å². The van der Waals surface area contributed by atoms with Crippen LogP contribution in [0.1, 0.15) is 18.1 Å². The predicted molar refractivity (Wildman–Crippen MR) is 101 cm³/mol. The summed E-state index contributed by atoms with van der Waals surface area (Å²) < 4.78 is 5.75. The molecule has 0 radical (unpaired) electrons. The van der Waals surface area contributed by atoms with E-state index in [-0.39, 0.29) is 0 Å². The van der Waals surface area contributed by atoms with Crippen molar-refractivity contribution in [1.82, 2.24) is 10.2 Å². The first-order valence-electron chi connectivity index (χ1n) is 8.12. The van der Waals surface area contributed by atoms with Crippen molar-refractivity contribution in [2.24, 2.45) is 5.73 Å². The van der Waals surface area contributed by atoms with Gasteiger partial charge in [-0.1, -0.05) is 35.9 Å². The molecule has 7 heteroatoms. The second kappa shape index (κ2) is 9.22. The number of ether oxygens (including phenoxy) is 1. The average Bonchev–Trinajstić information content (AvgIpc) is 2.61. The number of amides is 3. The third-order valence-corrected chi connectivity index (χ3v) is 4.21. The normalized spacial score (nSPS) is 11.8. The van der Waals surface area contributed by atoms with Crippen molar-refractivity contribution < 1.29 is 14.3 Å². The van der Waals surface area contributed by atoms with Gasteiger partial charge in [0, 0.05) is 11.6 Å². The molecule has 1 unspecified atom stereocenters. The Hall–Kier alpha value is -2.57. The lowest BCUT2D eigenvalue weighted by molar-refractivity contribution is -0.124. The first-order valence-corrected chi connectivity index (χ1v) is 8.49. The number of imide groups is 1. The van der Waals surface area contributed by atoms with Crippen molar-refractivity contribution in [3.63, 3.8) is 0 Å². The fourth-order valence-electron chi connectivity index (χ4n) is 2.29. The van der Waals surface area contributed by atoms with E-state index in [1.807, 2.05) is 53.4 Å². The lowest BCUT2D eigenvalue weighted by Gasteiger charge is -2.23. The summed E-state index contributed by atoms with van der Waals surface area (Å²) in [6.07, 6.45) is 0. The molecule has 0 aliphatic rings. The molecule has 0 spiro atoms. The quantitative estimate of drug-likeness (QED) is 0.779. The number of likely N-dealkylation sites (N-methyl/N-ethyl adjacent to an activating group) is 1. The molecule has 0 bridgehead atoms. The second-order valence-electron chi connectivity index (χ2n) is 6.00. The topological polar surface area (TPSA) is 84.7 Å². The SMILES string of the molecule is CC(C(=O)NC(N)=O)N(C)Cc1ccc(OCc2ccc(Cl)cc2)cc1. The van der Waals surface area contributed by atoms with Gasteiger partial charge in [-0.3, -0.25) is 15.0 Å². The first-order chi connectivity index (χ1) is 12.3. The number of hydrogen-bond donors (Lipinski definition) is 2. The maximum atomic E-state index is 11.8. The van der Waals surface area contributed by atoms with E-state index in [1.165, 1.54) is 0 Å². The highest BCUT2D eigenvalue weighted by molar-refractivity contribution is 6.30. The molecule has 2 rings (SSSR count). The molecule has 26 heavy (non-hydrogen) atoms. The Morgan fingerprint density at radius 1 is 1.12 bits per heavy atom. The lowest BCUT2D eigenvalue weighted by atomic mass is 10.2. The van der Waals surface area contributed by atoms with E-state index in [0.717, 1.165) is 16.9 Å². The number of nitrogens with zero attached hydrogens (tertiary/aromatic N) is 1. The minimum Gasteiger partial charge on any atom is -0.489 e. The van der Waals surface area contributed by atoms with Gasteiger partial charge < -0.3 is 10.5 Å². The number of primary amides is 1. The third-order valence-electron chi connectivity index (χ3n) is 3.96. The number of nitrogens with two attached hydrogens (primary N) is 1. The van der Waals surface area contributed by atoms with Crippen LogP contribution in [0.15, 0.2) is 48.5 Å². The molecule has 0 saturated heterocycles. The zero-order valence-electron chi connectivity index (χ0n) is 14.7. The molecule has 0 aliphatic carbocycles. The van der Waals surface area contributed by atoms with E-state index >= 15 is 0 Å². The second-order valence-corrected chi connectivity index (χ2v) is 6.44. The van der Waals surface area contributed by atoms with Crippen molar-refractivity contribution in [2.75, 3.05) is 7.05 Å². The number of urea groups is 1. The summed E-state index contributed by atoms with van der Waals surface area (Å²) in [5, 5.41) is 2.78. The number of hydrogen-bond acceptors (Lipinski definition) is 4. The number of carbonyl (C=O) groups excluding carboxylic acids is 2. The Kier molecular flexibility index (Phi) is 7.00. The van der Waals surface area contributed by atoms with Crippen molar-refractivity contribution in [3.05, 3.63) is 64.7 Å². The number of carbonyl (C=O) groups is 2. The molecular formula is C19H22ClN3O3. The third kappa shape index (κ3) is 6.06. The molecule has 0 fully saturated rings. The van der Waals surface area contributed by atoms with Crippen molar-refractivity contribution >= 4 is 23.5 Å². The Morgan fingerprint density at radius 3 is 2.27 bits per heavy atom. The lowest BCUT2D eigenvalue weighted by Crippen LogP contribution is -2.46. The van der Waals surface area contributed by atoms with Crippen molar-refractivity contribution in [1.29, 1.82) is 0 Å². The highest BCUT2D eigenvalue weighted by atomic mass is 35.5. The van der Waals surface area contributed by atoms with Gasteiger partial charge >= 0.3 is 6.03 Å². The van der Waals surface area contributed by atoms with Gasteiger partial charge in [0.25, 0.3) is 0 Å². The van der Waals surface area contributed by atoms with Crippen LogP contribution in [0.2, 0.25) is 5.02 Å². The summed E-state index contributed by atoms with van der Waals surface area (Å²) in [6.45, 7) is 2.72. The molecule has 3 amide bonds. The maximum Gasteiger partial charge on any atom is 0.318 e. The Labute approximate surface area is 157 Å². The fourth-order valence-corrected chi connectivity index (χ4v) is 2.42. The molecule has 2 aromatic carbocycles. The molecule has 1 atom stereocenters. The molecular weight excluding hydrogens is 354 g/mol. The summed E-state index contributed by atoms with van der Waals surface area (Å²) in [6, 6.07) is 13.8. The Balaban J connectivity index is 1.87. The van der Waals surface area contributed by atoms with Crippen molar-refractivity contribution in [2.45, 2.75) is 26.1 Å². The molecule has 0 heterocycles. The van der Waals surface area contributed by atoms with E-state index in [1.54, 1.807) is 14.0 Å². The van der Waals surface area contributed by atoms with Gasteiger partial charge in [0.1, 0.15) is 12.4 Å². The maximum absolute atomic E-state index is 11.8. The minimum atomic E-state index is -0.850. The van der Waals surface area contributed by atoms with E-state index in [2.05, 4.69) is 5.32 Å². The van der Waals surface area contributed by atoms with Gasteiger partial charge in [0.2, 0.25) is 5.91 Å². The van der Waals surface area contributed by atoms with Crippen LogP contribution in [0.25, 0.3) is 0 Å². The van der Waals surface area contributed by atoms with E-state index in [0.29, 0.717) is 18.2 Å². The minimum absolute atomic E-state index is 0.428. The number of halogens is 1. The molecule has 138 valence electrons. The fraction of sp³-hybridized carbons (Fsp3) is 0.263. The highest BCUT2D eigenvalue weighted by Gasteiger charge is 2.19. The number of nitrogens with one attached hydrogen (secondary N) is 1. The monoisotopic (exact) mass is 375 g/mol. The average molecular weight is 376 g/mol. The summed E-state index contributed by atoms with van der Waals surface area (Å²) in [5.41, 5.74) is 7.02. The Bertz CT molecular complexity index is 748. The molecule has 3 N–H and O–H groups in total. The van der Waals surface area contributed by atoms with Gasteiger partial charge in [-0.25, -0.2) is 4.79 Å². The highest BCUT2D eigenvalue weighted by Crippen LogP contribution is 2.17. The van der Waals surface area contributed by atoms with Gasteiger partial charge in [-0.15, -0.1) is 0 Å². The zero-order valence-corrected chi connectivity index (χ0v) is 15.5. The summed E-state index contributed by atoms with van der Waals surface area (Å²) in [7, 11) is 1.80. The van der Waals surface area contributed by atoms with Gasteiger partial charge in [-0.2, -0.15) is 0 Å². The largest absolute Gasteiger partial charge is 0.489 e. The molecule has 6 nitrogen and oxygen atoms in total. The first kappa shape index (κ1) is 19.8. The number of benzene rings is 2. The zero-order chi connectivity index (χ0) is 19.1. The van der Waals surface area contributed by atoms with Crippen LogP contribution >= 0.6 is 11.6 Å². The van der Waals surface area contributed by atoms with Crippen LogP contribution in [-0.2, 0) is 17.9 Å². The van der Waals surface area contributed by atoms with E-state index < -0.39 is 18.0 Å². The summed E-state index contributed by atoms with van der Waals surface area (Å²) in [4.78, 5) is 24.4. The predicted octanol–water partition coefficient (Wildman–Crippen LogP) is 2.93. The van der Waals surface area contributed by atoms with Gasteiger partial charge in [0.15, 0.2) is 0 Å². The summed E-state index contributed by atoms with van der Waals surface area (Å²) >= 11 is 5.86. The van der Waals surface area contributed by atoms with Crippen LogP contribution in [0.3, 0.4) is 0 Å². The summed E-state index contributed by atoms with van der Waals surface area (Å²) in [5.74, 6) is 0.328. The van der Waals surface area contributed by atoms with Gasteiger partial charge in [0.05, 0.1) is 6.04 Å². The molecule has 0 saturated carbocycles. The van der Waals surface area contributed by atoms with E-state index in [4.69, 9.17) is 22.1 Å². The molecule has 2 aromatic rings. The van der Waals surface area contributed by atoms with E-state index in [9.17, 15) is 9.59 Å². The Morgan fingerprint density at radius 2 is 1.69 bits per heavy atom. The van der Waals surface area contributed by atoms with Crippen LogP contribution in [0.4, 0.5) is 4.79 Å². The van der Waals surface area contributed by atoms with Gasteiger partial charge in [-0.05, 0) is 49.4 Å². The van der Waals surface area contributed by atoms with Crippen LogP contribution in [-0.4, -0.2) is 29.9 Å². The van der Waals surface area contributed by atoms with Crippen molar-refractivity contribution in [3.8, 4) is 5.75 Å².